The van der Waals surface area contributed by atoms with Crippen LogP contribution in [0.15, 0.2) is 0 Å². The van der Waals surface area contributed by atoms with Gasteiger partial charge in [-0.1, -0.05) is 11.5 Å². The van der Waals surface area contributed by atoms with Crippen molar-refractivity contribution in [1.82, 2.24) is 0 Å². The Hall–Kier alpha value is 0.0500. The maximum absolute atomic E-state index is 10.2. The minimum atomic E-state index is -1.68. The van der Waals surface area contributed by atoms with E-state index in [4.69, 9.17) is 0 Å². The highest BCUT2D eigenvalue weighted by molar-refractivity contribution is 7.44. The highest BCUT2D eigenvalue weighted by Crippen LogP contribution is 2.05. The highest BCUT2D eigenvalue weighted by Gasteiger charge is 1.85. The molecular weight excluding hydrogens is 113 g/mol. The molecule has 0 amide bonds. The number of hydrogen-bond donors (Lipinski definition) is 1. The van der Waals surface area contributed by atoms with Crippen molar-refractivity contribution >= 4 is 13.8 Å². The van der Waals surface area contributed by atoms with E-state index >= 15 is 0 Å². The van der Waals surface area contributed by atoms with E-state index in [0.717, 1.165) is 6.42 Å². The van der Waals surface area contributed by atoms with E-state index in [9.17, 15) is 4.89 Å². The molecule has 1 unspecified atom stereocenters. The monoisotopic (exact) mass is 121 g/mol. The summed E-state index contributed by atoms with van der Waals surface area (Å²) in [5.41, 5.74) is 0. The molecule has 42 valence electrons. The van der Waals surface area contributed by atoms with E-state index in [1.165, 1.54) is 5.80 Å². The van der Waals surface area contributed by atoms with Gasteiger partial charge in [-0.3, -0.25) is 0 Å². The zero-order valence-corrected chi connectivity index (χ0v) is 5.02. The maximum Gasteiger partial charge on any atom is 0.243 e. The molecule has 0 aliphatic heterocycles. The van der Waals surface area contributed by atoms with Crippen molar-refractivity contribution < 1.29 is 9.52 Å². The van der Waals surface area contributed by atoms with Crippen molar-refractivity contribution in [3.8, 4) is 0 Å². The Labute approximate surface area is 43.6 Å². The second-order valence-corrected chi connectivity index (χ2v) is 2.13. The molecule has 0 saturated carbocycles. The molecule has 0 aliphatic rings. The standard InChI is InChI=1S/C3H8NO2P/c1-2-3-7(5)6-4/h3H,2,4H2,1H3. The van der Waals surface area contributed by atoms with Crippen LogP contribution in [0.5, 0.6) is 0 Å². The molecule has 0 aromatic rings. The summed E-state index contributed by atoms with van der Waals surface area (Å²) in [5.74, 6) is 6.05. The fourth-order valence-electron chi connectivity index (χ4n) is 0.192. The number of hydrogen-bond acceptors (Lipinski definition) is 3. The van der Waals surface area contributed by atoms with Gasteiger partial charge >= 0.3 is 0 Å². The van der Waals surface area contributed by atoms with Gasteiger partial charge in [0.2, 0.25) is 8.00 Å². The molecule has 0 aromatic heterocycles. The summed E-state index contributed by atoms with van der Waals surface area (Å²) >= 11 is 0. The first-order valence-electron chi connectivity index (χ1n) is 1.97. The molecule has 0 saturated heterocycles. The van der Waals surface area contributed by atoms with Crippen molar-refractivity contribution in [3.05, 3.63) is 0 Å². The third kappa shape index (κ3) is 3.89. The van der Waals surface area contributed by atoms with E-state index in [1.807, 2.05) is 6.92 Å². The number of nitrogens with two attached hydrogens (primary N) is 1. The van der Waals surface area contributed by atoms with Crippen molar-refractivity contribution in [1.29, 1.82) is 0 Å². The van der Waals surface area contributed by atoms with Gasteiger partial charge in [-0.2, -0.15) is 5.90 Å². The Morgan fingerprint density at radius 2 is 2.57 bits per heavy atom. The Morgan fingerprint density at radius 1 is 2.00 bits per heavy atom. The Balaban J connectivity index is 3.29. The van der Waals surface area contributed by atoms with Crippen LogP contribution in [-0.4, -0.2) is 5.80 Å². The second-order valence-electron chi connectivity index (χ2n) is 0.982. The summed E-state index contributed by atoms with van der Waals surface area (Å²) in [5, 5.41) is 0. The van der Waals surface area contributed by atoms with Gasteiger partial charge in [0.1, 0.15) is 5.80 Å². The Bertz CT molecular complexity index is 73.3. The van der Waals surface area contributed by atoms with E-state index in [0.29, 0.717) is 0 Å². The smallest absolute Gasteiger partial charge is 0.243 e. The first-order valence-corrected chi connectivity index (χ1v) is 3.22. The van der Waals surface area contributed by atoms with Gasteiger partial charge in [0.15, 0.2) is 0 Å². The number of rotatable bonds is 2. The molecule has 3 nitrogen and oxygen atoms in total. The third-order valence-corrected chi connectivity index (χ3v) is 1.31. The van der Waals surface area contributed by atoms with Gasteiger partial charge in [-0.15, -0.1) is 0 Å². The van der Waals surface area contributed by atoms with Gasteiger partial charge < -0.3 is 4.89 Å². The Morgan fingerprint density at radius 3 is 2.71 bits per heavy atom. The molecule has 0 aliphatic carbocycles. The average Bonchev–Trinajstić information content (AvgIpc) is 1.68. The van der Waals surface area contributed by atoms with E-state index < -0.39 is 8.00 Å². The van der Waals surface area contributed by atoms with Gasteiger partial charge in [-0.25, -0.2) is 0 Å². The highest BCUT2D eigenvalue weighted by atomic mass is 31.1. The van der Waals surface area contributed by atoms with Crippen LogP contribution >= 0.6 is 8.00 Å². The normalized spacial score (nSPS) is 12.1. The molecule has 0 fully saturated rings. The van der Waals surface area contributed by atoms with E-state index in [-0.39, 0.29) is 0 Å². The summed E-state index contributed by atoms with van der Waals surface area (Å²) in [6, 6.07) is 0. The predicted molar refractivity (Wildman–Crippen MR) is 28.5 cm³/mol. The third-order valence-electron chi connectivity index (χ3n) is 0.436. The van der Waals surface area contributed by atoms with Crippen molar-refractivity contribution in [2.24, 2.45) is 5.90 Å². The summed E-state index contributed by atoms with van der Waals surface area (Å²) in [7, 11) is -1.68. The molecule has 0 spiro atoms. The van der Waals surface area contributed by atoms with Crippen LogP contribution in [-0.2, 0) is 4.62 Å². The minimum Gasteiger partial charge on any atom is -0.602 e. The molecule has 4 heteroatoms. The predicted octanol–water partition coefficient (Wildman–Crippen LogP) is -0.239. The van der Waals surface area contributed by atoms with Crippen molar-refractivity contribution in [3.63, 3.8) is 0 Å². The summed E-state index contributed by atoms with van der Waals surface area (Å²) in [6.45, 7) is 1.87. The first-order chi connectivity index (χ1) is 3.31. The van der Waals surface area contributed by atoms with Crippen LogP contribution in [0, 0.1) is 0 Å². The summed E-state index contributed by atoms with van der Waals surface area (Å²) in [6.07, 6.45) is 0.729. The van der Waals surface area contributed by atoms with Gasteiger partial charge in [0.25, 0.3) is 0 Å². The van der Waals surface area contributed by atoms with Crippen LogP contribution in [0.4, 0.5) is 0 Å². The lowest BCUT2D eigenvalue weighted by Crippen LogP contribution is -1.98. The molecule has 2 N–H and O–H groups in total. The van der Waals surface area contributed by atoms with Gasteiger partial charge in [-0.05, 0) is 0 Å². The van der Waals surface area contributed by atoms with Gasteiger partial charge in [0, 0.05) is 6.42 Å². The molecule has 0 heterocycles. The maximum atomic E-state index is 10.2. The van der Waals surface area contributed by atoms with Crippen LogP contribution in [0.2, 0.25) is 0 Å². The fourth-order valence-corrected chi connectivity index (χ4v) is 0.576. The first kappa shape index (κ1) is 7.05. The lowest BCUT2D eigenvalue weighted by Gasteiger charge is -1.85. The second kappa shape index (κ2) is 4.22. The summed E-state index contributed by atoms with van der Waals surface area (Å²) in [4.78, 5) is 10.2. The summed E-state index contributed by atoms with van der Waals surface area (Å²) < 4.78 is 3.94. The SMILES string of the molecule is CC/C=[P+](\[O-])ON. The largest absolute Gasteiger partial charge is 0.602 e. The quantitative estimate of drug-likeness (QED) is 0.405. The molecule has 7 heavy (non-hydrogen) atoms. The molecule has 0 bridgehead atoms. The van der Waals surface area contributed by atoms with Gasteiger partial charge in [0.05, 0.1) is 0 Å². The molecule has 0 rings (SSSR count). The van der Waals surface area contributed by atoms with Crippen LogP contribution in [0.25, 0.3) is 0 Å². The topological polar surface area (TPSA) is 58.3 Å². The molecular formula is C3H8NO2P. The van der Waals surface area contributed by atoms with Crippen molar-refractivity contribution in [2.45, 2.75) is 13.3 Å². The zero-order chi connectivity index (χ0) is 5.70. The minimum absolute atomic E-state index is 0.729. The van der Waals surface area contributed by atoms with Crippen LogP contribution in [0.1, 0.15) is 13.3 Å². The Kier molecular flexibility index (Phi) is 4.25. The average molecular weight is 121 g/mol. The molecule has 0 radical (unpaired) electrons. The van der Waals surface area contributed by atoms with Crippen LogP contribution in [0.3, 0.4) is 0 Å². The van der Waals surface area contributed by atoms with Crippen molar-refractivity contribution in [2.75, 3.05) is 0 Å². The van der Waals surface area contributed by atoms with Crippen LogP contribution < -0.4 is 10.8 Å². The fraction of sp³-hybridized carbons (Fsp3) is 0.667. The van der Waals surface area contributed by atoms with E-state index in [1.54, 1.807) is 0 Å². The molecule has 0 aromatic carbocycles. The molecule has 1 atom stereocenters. The van der Waals surface area contributed by atoms with E-state index in [2.05, 4.69) is 10.5 Å². The lowest BCUT2D eigenvalue weighted by atomic mass is 10.6. The lowest BCUT2D eigenvalue weighted by molar-refractivity contribution is -0.172. The zero-order valence-electron chi connectivity index (χ0n) is 4.13.